The number of nitrogens with one attached hydrogen (secondary N) is 4. The summed E-state index contributed by atoms with van der Waals surface area (Å²) in [5.41, 5.74) is 11.0. The highest BCUT2D eigenvalue weighted by Gasteiger charge is 2.28. The molecule has 0 saturated heterocycles. The molecule has 1 rings (SSSR count). The van der Waals surface area contributed by atoms with Gasteiger partial charge in [-0.05, 0) is 12.3 Å². The van der Waals surface area contributed by atoms with Crippen molar-refractivity contribution in [2.24, 2.45) is 17.4 Å². The number of primary amides is 1. The summed E-state index contributed by atoms with van der Waals surface area (Å²) in [5, 5.41) is 16.5. The van der Waals surface area contributed by atoms with Crippen LogP contribution in [0.4, 0.5) is 0 Å². The quantitative estimate of drug-likeness (QED) is 0.172. The van der Waals surface area contributed by atoms with Gasteiger partial charge in [-0.1, -0.05) is 13.8 Å². The van der Waals surface area contributed by atoms with Gasteiger partial charge in [0.05, 0.1) is 25.3 Å². The summed E-state index contributed by atoms with van der Waals surface area (Å²) in [4.78, 5) is 65.5. The zero-order valence-corrected chi connectivity index (χ0v) is 17.4. The van der Waals surface area contributed by atoms with Crippen molar-refractivity contribution >= 4 is 29.6 Å². The fourth-order valence-corrected chi connectivity index (χ4v) is 2.64. The van der Waals surface area contributed by atoms with Gasteiger partial charge in [-0.3, -0.25) is 19.2 Å². The molecule has 13 heteroatoms. The van der Waals surface area contributed by atoms with Crippen LogP contribution in [0.1, 0.15) is 32.4 Å². The first-order valence-electron chi connectivity index (χ1n) is 9.61. The van der Waals surface area contributed by atoms with Crippen LogP contribution in [0.3, 0.4) is 0 Å². The topological polar surface area (TPSA) is 222 Å². The number of rotatable bonds is 13. The van der Waals surface area contributed by atoms with E-state index in [1.54, 1.807) is 0 Å². The van der Waals surface area contributed by atoms with Crippen molar-refractivity contribution in [2.75, 3.05) is 6.54 Å². The number of imidazole rings is 1. The lowest BCUT2D eigenvalue weighted by Crippen LogP contribution is -2.54. The van der Waals surface area contributed by atoms with E-state index in [9.17, 15) is 29.1 Å². The van der Waals surface area contributed by atoms with E-state index in [0.29, 0.717) is 5.69 Å². The molecule has 0 aromatic carbocycles. The number of aliphatic carboxylic acids is 1. The van der Waals surface area contributed by atoms with Crippen molar-refractivity contribution in [1.29, 1.82) is 0 Å². The van der Waals surface area contributed by atoms with E-state index in [1.165, 1.54) is 12.5 Å². The van der Waals surface area contributed by atoms with Crippen molar-refractivity contribution in [1.82, 2.24) is 25.9 Å². The summed E-state index contributed by atoms with van der Waals surface area (Å²) in [6, 6.07) is -3.45. The van der Waals surface area contributed by atoms with Crippen molar-refractivity contribution in [3.05, 3.63) is 18.2 Å². The summed E-state index contributed by atoms with van der Waals surface area (Å²) in [7, 11) is 0. The van der Waals surface area contributed by atoms with Crippen LogP contribution in [0.2, 0.25) is 0 Å². The number of carboxylic acid groups (broad SMARTS) is 1. The molecular weight excluding hydrogens is 410 g/mol. The van der Waals surface area contributed by atoms with Crippen LogP contribution in [0.15, 0.2) is 12.5 Å². The van der Waals surface area contributed by atoms with E-state index >= 15 is 0 Å². The van der Waals surface area contributed by atoms with Gasteiger partial charge in [0, 0.05) is 18.3 Å². The van der Waals surface area contributed by atoms with Crippen LogP contribution >= 0.6 is 0 Å². The fourth-order valence-electron chi connectivity index (χ4n) is 2.64. The van der Waals surface area contributed by atoms with E-state index in [-0.39, 0.29) is 25.2 Å². The van der Waals surface area contributed by atoms with Gasteiger partial charge in [-0.2, -0.15) is 0 Å². The van der Waals surface area contributed by atoms with Crippen molar-refractivity contribution in [3.8, 4) is 0 Å². The Labute approximate surface area is 178 Å². The third-order valence-electron chi connectivity index (χ3n) is 4.13. The Balaban J connectivity index is 2.70. The number of nitrogens with two attached hydrogens (primary N) is 2. The maximum absolute atomic E-state index is 12.7. The van der Waals surface area contributed by atoms with E-state index in [4.69, 9.17) is 11.5 Å². The Hall–Kier alpha value is -3.48. The molecule has 1 aromatic rings. The standard InChI is InChI=1S/C18H29N7O6/c1-9(2)3-12(24-15(27)7-22-16(28)11(19)5-14(20)26)17(29)25-13(18(30)31)4-10-6-21-8-23-10/h6,8-9,11-13H,3-5,7,19H2,1-2H3,(H2,20,26)(H,21,23)(H,22,28)(H,24,27)(H,25,29)(H,30,31). The summed E-state index contributed by atoms with van der Waals surface area (Å²) < 4.78 is 0. The smallest absolute Gasteiger partial charge is 0.326 e. The summed E-state index contributed by atoms with van der Waals surface area (Å²) in [5.74, 6) is -4.10. The minimum atomic E-state index is -1.24. The number of hydrogen-bond acceptors (Lipinski definition) is 7. The van der Waals surface area contributed by atoms with Crippen LogP contribution < -0.4 is 27.4 Å². The summed E-state index contributed by atoms with van der Waals surface area (Å²) >= 11 is 0. The van der Waals surface area contributed by atoms with Gasteiger partial charge in [0.1, 0.15) is 12.1 Å². The minimum absolute atomic E-state index is 0.00511. The lowest BCUT2D eigenvalue weighted by atomic mass is 10.0. The highest BCUT2D eigenvalue weighted by atomic mass is 16.4. The van der Waals surface area contributed by atoms with E-state index in [2.05, 4.69) is 25.9 Å². The number of aromatic nitrogens is 2. The molecule has 0 radical (unpaired) electrons. The molecule has 0 fully saturated rings. The largest absolute Gasteiger partial charge is 0.480 e. The molecule has 3 unspecified atom stereocenters. The zero-order chi connectivity index (χ0) is 23.6. The van der Waals surface area contributed by atoms with Gasteiger partial charge in [-0.25, -0.2) is 9.78 Å². The van der Waals surface area contributed by atoms with Gasteiger partial charge in [-0.15, -0.1) is 0 Å². The van der Waals surface area contributed by atoms with Crippen LogP contribution in [0, 0.1) is 5.92 Å². The van der Waals surface area contributed by atoms with Gasteiger partial charge in [0.25, 0.3) is 0 Å². The molecule has 13 nitrogen and oxygen atoms in total. The SMILES string of the molecule is CC(C)CC(NC(=O)CNC(=O)C(N)CC(N)=O)C(=O)NC(Cc1cnc[nH]1)C(=O)O. The number of amides is 4. The lowest BCUT2D eigenvalue weighted by molar-refractivity contribution is -0.142. The Morgan fingerprint density at radius 2 is 1.81 bits per heavy atom. The number of hydrogen-bond donors (Lipinski definition) is 7. The number of carbonyl (C=O) groups excluding carboxylic acids is 4. The molecule has 1 aromatic heterocycles. The average Bonchev–Trinajstić information content (AvgIpc) is 3.17. The Bertz CT molecular complexity index is 780. The van der Waals surface area contributed by atoms with E-state index in [1.807, 2.05) is 13.8 Å². The maximum Gasteiger partial charge on any atom is 0.326 e. The monoisotopic (exact) mass is 439 g/mol. The predicted octanol–water partition coefficient (Wildman–Crippen LogP) is -2.63. The Morgan fingerprint density at radius 3 is 2.32 bits per heavy atom. The normalized spacial score (nSPS) is 13.7. The van der Waals surface area contributed by atoms with Crippen molar-refractivity contribution < 1.29 is 29.1 Å². The molecule has 0 spiro atoms. The van der Waals surface area contributed by atoms with Crippen molar-refractivity contribution in [2.45, 2.75) is 51.2 Å². The molecule has 9 N–H and O–H groups in total. The van der Waals surface area contributed by atoms with Gasteiger partial charge >= 0.3 is 5.97 Å². The van der Waals surface area contributed by atoms with E-state index < -0.39 is 54.3 Å². The molecule has 0 aliphatic rings. The average molecular weight is 439 g/mol. The van der Waals surface area contributed by atoms with E-state index in [0.717, 1.165) is 0 Å². The lowest BCUT2D eigenvalue weighted by Gasteiger charge is -2.23. The van der Waals surface area contributed by atoms with Gasteiger partial charge in [0.2, 0.25) is 23.6 Å². The molecular formula is C18H29N7O6. The van der Waals surface area contributed by atoms with Crippen molar-refractivity contribution in [3.63, 3.8) is 0 Å². The van der Waals surface area contributed by atoms with Gasteiger partial charge in [0.15, 0.2) is 0 Å². The van der Waals surface area contributed by atoms with Crippen LogP contribution in [-0.4, -0.2) is 69.3 Å². The van der Waals surface area contributed by atoms with Gasteiger partial charge < -0.3 is 37.5 Å². The summed E-state index contributed by atoms with van der Waals surface area (Å²) in [6.45, 7) is 3.18. The third-order valence-corrected chi connectivity index (χ3v) is 4.13. The first-order chi connectivity index (χ1) is 14.5. The maximum atomic E-state index is 12.7. The second-order valence-corrected chi connectivity index (χ2v) is 7.42. The number of carboxylic acids is 1. The highest BCUT2D eigenvalue weighted by Crippen LogP contribution is 2.07. The Kier molecular flexibility index (Phi) is 10.1. The summed E-state index contributed by atoms with van der Waals surface area (Å²) in [6.07, 6.45) is 2.68. The molecule has 1 heterocycles. The van der Waals surface area contributed by atoms with Crippen LogP contribution in [0.5, 0.6) is 0 Å². The molecule has 0 bridgehead atoms. The zero-order valence-electron chi connectivity index (χ0n) is 17.4. The number of nitrogens with zero attached hydrogens (tertiary/aromatic N) is 1. The highest BCUT2D eigenvalue weighted by molar-refractivity contribution is 5.93. The fraction of sp³-hybridized carbons (Fsp3) is 0.556. The predicted molar refractivity (Wildman–Crippen MR) is 108 cm³/mol. The molecule has 3 atom stereocenters. The van der Waals surface area contributed by atoms with Crippen LogP contribution in [-0.2, 0) is 30.4 Å². The number of aromatic amines is 1. The molecule has 0 aliphatic carbocycles. The first-order valence-corrected chi connectivity index (χ1v) is 9.61. The molecule has 31 heavy (non-hydrogen) atoms. The molecule has 4 amide bonds. The molecule has 0 aliphatic heterocycles. The van der Waals surface area contributed by atoms with Crippen LogP contribution in [0.25, 0.3) is 0 Å². The molecule has 172 valence electrons. The first kappa shape index (κ1) is 25.6. The number of H-pyrrole nitrogens is 1. The number of carbonyl (C=O) groups is 5. The second-order valence-electron chi connectivity index (χ2n) is 7.42. The second kappa shape index (κ2) is 12.3. The third kappa shape index (κ3) is 9.71. The Morgan fingerprint density at radius 1 is 1.13 bits per heavy atom. The minimum Gasteiger partial charge on any atom is -0.480 e. The molecule has 0 saturated carbocycles.